The van der Waals surface area contributed by atoms with Gasteiger partial charge in [0.1, 0.15) is 11.6 Å². The number of hydrogen-bond donors (Lipinski definition) is 0. The average Bonchev–Trinajstić information content (AvgIpc) is 3.37. The molecule has 7 nitrogen and oxygen atoms in total. The van der Waals surface area contributed by atoms with Crippen LogP contribution in [0.1, 0.15) is 37.4 Å². The molecule has 0 unspecified atom stereocenters. The SMILES string of the molecule is CCOc1ccccc1-c1noc(CSc2nc(C3CC3)n(-c3ccccc3)n2)n1. The molecule has 0 amide bonds. The highest BCUT2D eigenvalue weighted by Crippen LogP contribution is 2.40. The second kappa shape index (κ2) is 8.31. The Hall–Kier alpha value is -3.13. The first kappa shape index (κ1) is 18.9. The summed E-state index contributed by atoms with van der Waals surface area (Å²) < 4.78 is 13.1. The summed E-state index contributed by atoms with van der Waals surface area (Å²) in [7, 11) is 0. The molecule has 1 saturated carbocycles. The number of rotatable bonds is 8. The first-order valence-corrected chi connectivity index (χ1v) is 11.0. The second-order valence-corrected chi connectivity index (χ2v) is 7.95. The normalized spacial score (nSPS) is 13.5. The van der Waals surface area contributed by atoms with Crippen LogP contribution in [-0.4, -0.2) is 31.5 Å². The van der Waals surface area contributed by atoms with Gasteiger partial charge in [-0.2, -0.15) is 4.98 Å². The van der Waals surface area contributed by atoms with Crippen LogP contribution in [-0.2, 0) is 5.75 Å². The number of nitrogens with zero attached hydrogens (tertiary/aromatic N) is 5. The summed E-state index contributed by atoms with van der Waals surface area (Å²) in [4.78, 5) is 9.30. The van der Waals surface area contributed by atoms with Crippen molar-refractivity contribution < 1.29 is 9.26 Å². The van der Waals surface area contributed by atoms with Gasteiger partial charge in [-0.15, -0.1) is 5.10 Å². The molecule has 30 heavy (non-hydrogen) atoms. The number of hydrogen-bond acceptors (Lipinski definition) is 7. The highest BCUT2D eigenvalue weighted by molar-refractivity contribution is 7.98. The van der Waals surface area contributed by atoms with E-state index in [1.807, 2.05) is 54.1 Å². The Balaban J connectivity index is 1.33. The van der Waals surface area contributed by atoms with Gasteiger partial charge in [0.25, 0.3) is 0 Å². The molecule has 1 fully saturated rings. The summed E-state index contributed by atoms with van der Waals surface area (Å²) in [5, 5.41) is 9.56. The summed E-state index contributed by atoms with van der Waals surface area (Å²) in [6.07, 6.45) is 2.34. The van der Waals surface area contributed by atoms with Crippen LogP contribution >= 0.6 is 11.8 Å². The Labute approximate surface area is 178 Å². The first-order valence-electron chi connectivity index (χ1n) is 10.0. The Morgan fingerprint density at radius 2 is 1.87 bits per heavy atom. The van der Waals surface area contributed by atoms with Gasteiger partial charge < -0.3 is 9.26 Å². The minimum atomic E-state index is 0.497. The molecule has 0 radical (unpaired) electrons. The predicted molar refractivity (Wildman–Crippen MR) is 114 cm³/mol. The molecule has 0 atom stereocenters. The molecule has 2 aromatic carbocycles. The third kappa shape index (κ3) is 3.95. The van der Waals surface area contributed by atoms with E-state index in [9.17, 15) is 0 Å². The fraction of sp³-hybridized carbons (Fsp3) is 0.273. The van der Waals surface area contributed by atoms with Gasteiger partial charge in [-0.05, 0) is 44.0 Å². The van der Waals surface area contributed by atoms with E-state index in [1.165, 1.54) is 24.6 Å². The molecule has 1 aliphatic rings. The van der Waals surface area contributed by atoms with E-state index >= 15 is 0 Å². The minimum Gasteiger partial charge on any atom is -0.493 e. The molecule has 0 N–H and O–H groups in total. The van der Waals surface area contributed by atoms with E-state index in [4.69, 9.17) is 19.3 Å². The van der Waals surface area contributed by atoms with Crippen LogP contribution in [0.4, 0.5) is 0 Å². The lowest BCUT2D eigenvalue weighted by atomic mass is 10.2. The van der Waals surface area contributed by atoms with Gasteiger partial charge in [-0.3, -0.25) is 0 Å². The van der Waals surface area contributed by atoms with Crippen molar-refractivity contribution >= 4 is 11.8 Å². The van der Waals surface area contributed by atoms with Gasteiger partial charge in [-0.25, -0.2) is 9.67 Å². The Bertz CT molecular complexity index is 1140. The van der Waals surface area contributed by atoms with E-state index in [-0.39, 0.29) is 0 Å². The van der Waals surface area contributed by atoms with Crippen molar-refractivity contribution in [2.45, 2.75) is 36.6 Å². The molecule has 5 rings (SSSR count). The lowest BCUT2D eigenvalue weighted by Crippen LogP contribution is -2.01. The van der Waals surface area contributed by atoms with Gasteiger partial charge in [0.15, 0.2) is 0 Å². The predicted octanol–water partition coefficient (Wildman–Crippen LogP) is 4.89. The van der Waals surface area contributed by atoms with Gasteiger partial charge in [0.2, 0.25) is 16.9 Å². The summed E-state index contributed by atoms with van der Waals surface area (Å²) in [5.74, 6) is 3.84. The van der Waals surface area contributed by atoms with Gasteiger partial charge in [0.05, 0.1) is 23.6 Å². The van der Waals surface area contributed by atoms with Crippen molar-refractivity contribution in [3.63, 3.8) is 0 Å². The summed E-state index contributed by atoms with van der Waals surface area (Å²) in [6, 6.07) is 17.8. The molecule has 4 aromatic rings. The Morgan fingerprint density at radius 1 is 1.07 bits per heavy atom. The molecule has 152 valence electrons. The summed E-state index contributed by atoms with van der Waals surface area (Å²) >= 11 is 1.50. The van der Waals surface area contributed by atoms with E-state index < -0.39 is 0 Å². The van der Waals surface area contributed by atoms with Crippen LogP contribution in [0.5, 0.6) is 5.75 Å². The molecule has 0 bridgehead atoms. The van der Waals surface area contributed by atoms with Crippen LogP contribution < -0.4 is 4.74 Å². The van der Waals surface area contributed by atoms with Crippen LogP contribution in [0.25, 0.3) is 17.1 Å². The fourth-order valence-corrected chi connectivity index (χ4v) is 3.88. The molecule has 8 heteroatoms. The molecule has 0 aliphatic heterocycles. The maximum atomic E-state index is 5.67. The third-order valence-corrected chi connectivity index (χ3v) is 5.60. The Morgan fingerprint density at radius 3 is 2.67 bits per heavy atom. The van der Waals surface area contributed by atoms with Crippen LogP contribution in [0.2, 0.25) is 0 Å². The van der Waals surface area contributed by atoms with Crippen molar-refractivity contribution in [1.29, 1.82) is 0 Å². The lowest BCUT2D eigenvalue weighted by Gasteiger charge is -2.05. The highest BCUT2D eigenvalue weighted by Gasteiger charge is 2.30. The monoisotopic (exact) mass is 419 g/mol. The number of thioether (sulfide) groups is 1. The van der Waals surface area contributed by atoms with Gasteiger partial charge >= 0.3 is 0 Å². The molecule has 2 heterocycles. The lowest BCUT2D eigenvalue weighted by molar-refractivity contribution is 0.341. The topological polar surface area (TPSA) is 78.9 Å². The van der Waals surface area contributed by atoms with Crippen LogP contribution in [0, 0.1) is 0 Å². The highest BCUT2D eigenvalue weighted by atomic mass is 32.2. The zero-order valence-corrected chi connectivity index (χ0v) is 17.4. The largest absolute Gasteiger partial charge is 0.493 e. The smallest absolute Gasteiger partial charge is 0.237 e. The quantitative estimate of drug-likeness (QED) is 0.376. The van der Waals surface area contributed by atoms with Crippen molar-refractivity contribution in [3.05, 3.63) is 66.3 Å². The standard InChI is InChI=1S/C22H21N5O2S/c1-2-28-18-11-7-6-10-17(18)20-23-19(29-26-20)14-30-22-24-21(15-12-13-15)27(25-22)16-8-4-3-5-9-16/h3-11,15H,2,12-14H2,1H3. The van der Waals surface area contributed by atoms with Crippen molar-refractivity contribution in [1.82, 2.24) is 24.9 Å². The number of para-hydroxylation sites is 2. The van der Waals surface area contributed by atoms with E-state index in [2.05, 4.69) is 22.3 Å². The van der Waals surface area contributed by atoms with Gasteiger partial charge in [0, 0.05) is 5.92 Å². The molecular formula is C22H21N5O2S. The maximum Gasteiger partial charge on any atom is 0.237 e. The zero-order chi connectivity index (χ0) is 20.3. The molecule has 1 aliphatic carbocycles. The Kier molecular flexibility index (Phi) is 5.23. The summed E-state index contributed by atoms with van der Waals surface area (Å²) in [5.41, 5.74) is 1.85. The third-order valence-electron chi connectivity index (χ3n) is 4.78. The average molecular weight is 420 g/mol. The second-order valence-electron chi connectivity index (χ2n) is 7.00. The van der Waals surface area contributed by atoms with Crippen LogP contribution in [0.15, 0.2) is 64.3 Å². The number of aromatic nitrogens is 5. The molecule has 0 saturated heterocycles. The molecule has 0 spiro atoms. The number of benzene rings is 2. The maximum absolute atomic E-state index is 5.67. The fourth-order valence-electron chi connectivity index (χ4n) is 3.21. The van der Waals surface area contributed by atoms with Crippen molar-refractivity contribution in [2.75, 3.05) is 6.61 Å². The van der Waals surface area contributed by atoms with Gasteiger partial charge in [-0.1, -0.05) is 47.3 Å². The number of ether oxygens (including phenoxy) is 1. The van der Waals surface area contributed by atoms with E-state index in [0.717, 1.165) is 28.0 Å². The van der Waals surface area contributed by atoms with Crippen molar-refractivity contribution in [3.8, 4) is 22.8 Å². The zero-order valence-electron chi connectivity index (χ0n) is 16.6. The molecular weight excluding hydrogens is 398 g/mol. The van der Waals surface area contributed by atoms with Crippen molar-refractivity contribution in [2.24, 2.45) is 0 Å². The first-order chi connectivity index (χ1) is 14.8. The minimum absolute atomic E-state index is 0.497. The van der Waals surface area contributed by atoms with E-state index in [0.29, 0.717) is 30.0 Å². The molecule has 2 aromatic heterocycles. The summed E-state index contributed by atoms with van der Waals surface area (Å²) in [6.45, 7) is 2.53. The van der Waals surface area contributed by atoms with E-state index in [1.54, 1.807) is 0 Å². The van der Waals surface area contributed by atoms with Crippen LogP contribution in [0.3, 0.4) is 0 Å².